The Kier molecular flexibility index (Phi) is 2.26. The molecule has 4 heteroatoms. The first-order chi connectivity index (χ1) is 8.55. The van der Waals surface area contributed by atoms with Crippen LogP contribution in [0.3, 0.4) is 0 Å². The minimum atomic E-state index is -0.201. The van der Waals surface area contributed by atoms with E-state index in [2.05, 4.69) is 29.9 Å². The number of para-hydroxylation sites is 1. The highest BCUT2D eigenvalue weighted by Gasteiger charge is 2.32. The Morgan fingerprint density at radius 1 is 1.33 bits per heavy atom. The fraction of sp³-hybridized carbons (Fsp3) is 0.286. The standard InChI is InChI=1S/C14H14N2O2/c1-14(2)8-9-4-3-5-10(12(9)18-14)13-15-7-6-11(17)16-13/h3-7H,8H2,1-2H3,(H,15,16,17). The van der Waals surface area contributed by atoms with E-state index in [1.54, 1.807) is 0 Å². The van der Waals surface area contributed by atoms with Crippen molar-refractivity contribution in [3.63, 3.8) is 0 Å². The van der Waals surface area contributed by atoms with Crippen LogP contribution in [0.4, 0.5) is 0 Å². The third-order valence-corrected chi connectivity index (χ3v) is 3.02. The molecule has 1 N–H and O–H groups in total. The highest BCUT2D eigenvalue weighted by atomic mass is 16.5. The van der Waals surface area contributed by atoms with Gasteiger partial charge in [-0.25, -0.2) is 4.98 Å². The van der Waals surface area contributed by atoms with Crippen molar-refractivity contribution in [3.8, 4) is 17.1 Å². The van der Waals surface area contributed by atoms with Crippen LogP contribution >= 0.6 is 0 Å². The van der Waals surface area contributed by atoms with Crippen molar-refractivity contribution in [2.75, 3.05) is 0 Å². The van der Waals surface area contributed by atoms with Crippen LogP contribution in [0, 0.1) is 0 Å². The van der Waals surface area contributed by atoms with Gasteiger partial charge in [0.2, 0.25) is 0 Å². The van der Waals surface area contributed by atoms with Crippen molar-refractivity contribution in [3.05, 3.63) is 46.4 Å². The average Bonchev–Trinajstić information content (AvgIpc) is 2.62. The Hall–Kier alpha value is -2.10. The number of fused-ring (bicyclic) bond motifs is 1. The van der Waals surface area contributed by atoms with Gasteiger partial charge in [0.05, 0.1) is 5.56 Å². The van der Waals surface area contributed by atoms with Crippen molar-refractivity contribution in [2.45, 2.75) is 25.9 Å². The summed E-state index contributed by atoms with van der Waals surface area (Å²) in [5.74, 6) is 1.38. The highest BCUT2D eigenvalue weighted by molar-refractivity contribution is 5.67. The predicted molar refractivity (Wildman–Crippen MR) is 68.7 cm³/mol. The molecule has 0 fully saturated rings. The minimum absolute atomic E-state index is 0.158. The van der Waals surface area contributed by atoms with Gasteiger partial charge in [0.15, 0.2) is 0 Å². The highest BCUT2D eigenvalue weighted by Crippen LogP contribution is 2.40. The second-order valence-corrected chi connectivity index (χ2v) is 5.12. The molecule has 4 nitrogen and oxygen atoms in total. The first-order valence-corrected chi connectivity index (χ1v) is 5.92. The van der Waals surface area contributed by atoms with E-state index in [9.17, 15) is 4.79 Å². The van der Waals surface area contributed by atoms with E-state index in [1.165, 1.54) is 12.3 Å². The second-order valence-electron chi connectivity index (χ2n) is 5.12. The molecule has 0 spiro atoms. The van der Waals surface area contributed by atoms with E-state index < -0.39 is 0 Å². The molecule has 0 radical (unpaired) electrons. The zero-order chi connectivity index (χ0) is 12.8. The maximum absolute atomic E-state index is 11.4. The molecule has 18 heavy (non-hydrogen) atoms. The van der Waals surface area contributed by atoms with E-state index in [0.29, 0.717) is 5.82 Å². The van der Waals surface area contributed by atoms with Gasteiger partial charge in [0, 0.05) is 18.7 Å². The van der Waals surface area contributed by atoms with Gasteiger partial charge in [-0.1, -0.05) is 12.1 Å². The second kappa shape index (κ2) is 3.70. The van der Waals surface area contributed by atoms with Gasteiger partial charge >= 0.3 is 0 Å². The fourth-order valence-corrected chi connectivity index (χ4v) is 2.31. The van der Waals surface area contributed by atoms with E-state index in [0.717, 1.165) is 23.3 Å². The lowest BCUT2D eigenvalue weighted by atomic mass is 10.0. The van der Waals surface area contributed by atoms with Crippen molar-refractivity contribution in [1.29, 1.82) is 0 Å². The number of H-pyrrole nitrogens is 1. The van der Waals surface area contributed by atoms with Crippen LogP contribution in [-0.4, -0.2) is 15.6 Å². The van der Waals surface area contributed by atoms with Crippen LogP contribution in [0.2, 0.25) is 0 Å². The maximum atomic E-state index is 11.4. The molecule has 0 bridgehead atoms. The smallest absolute Gasteiger partial charge is 0.251 e. The maximum Gasteiger partial charge on any atom is 0.251 e. The molecule has 1 aliphatic heterocycles. The molecule has 0 saturated heterocycles. The summed E-state index contributed by atoms with van der Waals surface area (Å²) in [6, 6.07) is 7.33. The lowest BCUT2D eigenvalue weighted by Gasteiger charge is -2.18. The van der Waals surface area contributed by atoms with Crippen molar-refractivity contribution in [1.82, 2.24) is 9.97 Å². The monoisotopic (exact) mass is 242 g/mol. The normalized spacial score (nSPS) is 16.1. The van der Waals surface area contributed by atoms with E-state index in [1.807, 2.05) is 12.1 Å². The van der Waals surface area contributed by atoms with Gasteiger partial charge in [-0.2, -0.15) is 0 Å². The Balaban J connectivity index is 2.16. The first kappa shape index (κ1) is 11.0. The van der Waals surface area contributed by atoms with E-state index in [-0.39, 0.29) is 11.2 Å². The predicted octanol–water partition coefficient (Wildman–Crippen LogP) is 2.15. The summed E-state index contributed by atoms with van der Waals surface area (Å²) in [7, 11) is 0. The zero-order valence-corrected chi connectivity index (χ0v) is 10.4. The molecule has 1 aliphatic rings. The Morgan fingerprint density at radius 3 is 2.94 bits per heavy atom. The SMILES string of the molecule is CC1(C)Cc2cccc(-c3nccc(=O)[nH]3)c2O1. The summed E-state index contributed by atoms with van der Waals surface area (Å²) in [6.45, 7) is 4.11. The first-order valence-electron chi connectivity index (χ1n) is 5.92. The number of hydrogen-bond donors (Lipinski definition) is 1. The van der Waals surface area contributed by atoms with Crippen LogP contribution in [-0.2, 0) is 6.42 Å². The van der Waals surface area contributed by atoms with Crippen molar-refractivity contribution in [2.24, 2.45) is 0 Å². The van der Waals surface area contributed by atoms with Gasteiger partial charge in [0.1, 0.15) is 17.2 Å². The van der Waals surface area contributed by atoms with Crippen LogP contribution in [0.25, 0.3) is 11.4 Å². The van der Waals surface area contributed by atoms with Crippen LogP contribution in [0.5, 0.6) is 5.75 Å². The third-order valence-electron chi connectivity index (χ3n) is 3.02. The molecular formula is C14H14N2O2. The largest absolute Gasteiger partial charge is 0.486 e. The van der Waals surface area contributed by atoms with Crippen LogP contribution < -0.4 is 10.3 Å². The molecule has 92 valence electrons. The molecule has 2 aromatic rings. The molecule has 0 aliphatic carbocycles. The van der Waals surface area contributed by atoms with Gasteiger partial charge in [0.25, 0.3) is 5.56 Å². The molecule has 0 saturated carbocycles. The number of benzene rings is 1. The molecule has 1 aromatic heterocycles. The van der Waals surface area contributed by atoms with Crippen LogP contribution in [0.15, 0.2) is 35.3 Å². The minimum Gasteiger partial charge on any atom is -0.486 e. The van der Waals surface area contributed by atoms with Gasteiger partial charge in [-0.3, -0.25) is 4.79 Å². The molecule has 2 heterocycles. The Labute approximate surface area is 105 Å². The molecule has 0 atom stereocenters. The van der Waals surface area contributed by atoms with Crippen LogP contribution in [0.1, 0.15) is 19.4 Å². The lowest BCUT2D eigenvalue weighted by molar-refractivity contribution is 0.139. The van der Waals surface area contributed by atoms with Gasteiger partial charge in [-0.15, -0.1) is 0 Å². The Morgan fingerprint density at radius 2 is 2.17 bits per heavy atom. The summed E-state index contributed by atoms with van der Waals surface area (Å²) < 4.78 is 5.96. The molecule has 0 unspecified atom stereocenters. The quantitative estimate of drug-likeness (QED) is 0.833. The van der Waals surface area contributed by atoms with Gasteiger partial charge < -0.3 is 9.72 Å². The van der Waals surface area contributed by atoms with E-state index in [4.69, 9.17) is 4.74 Å². The number of ether oxygens (including phenoxy) is 1. The topological polar surface area (TPSA) is 55.0 Å². The van der Waals surface area contributed by atoms with Crippen molar-refractivity contribution >= 4 is 0 Å². The fourth-order valence-electron chi connectivity index (χ4n) is 2.31. The zero-order valence-electron chi connectivity index (χ0n) is 10.4. The number of rotatable bonds is 1. The number of aromatic amines is 1. The third kappa shape index (κ3) is 1.79. The summed E-state index contributed by atoms with van der Waals surface area (Å²) in [6.07, 6.45) is 2.38. The number of aromatic nitrogens is 2. The summed E-state index contributed by atoms with van der Waals surface area (Å²) in [4.78, 5) is 18.3. The molecule has 3 rings (SSSR count). The van der Waals surface area contributed by atoms with Crippen molar-refractivity contribution < 1.29 is 4.74 Å². The number of nitrogens with one attached hydrogen (secondary N) is 1. The van der Waals surface area contributed by atoms with E-state index >= 15 is 0 Å². The summed E-state index contributed by atoms with van der Waals surface area (Å²) >= 11 is 0. The number of nitrogens with zero attached hydrogens (tertiary/aromatic N) is 1. The average molecular weight is 242 g/mol. The molecule has 1 aromatic carbocycles. The Bertz CT molecular complexity index is 659. The summed E-state index contributed by atoms with van der Waals surface area (Å²) in [5.41, 5.74) is 1.64. The summed E-state index contributed by atoms with van der Waals surface area (Å²) in [5, 5.41) is 0. The molecular weight excluding hydrogens is 228 g/mol. The molecule has 0 amide bonds. The number of hydrogen-bond acceptors (Lipinski definition) is 3. The lowest BCUT2D eigenvalue weighted by Crippen LogP contribution is -2.24. The van der Waals surface area contributed by atoms with Gasteiger partial charge in [-0.05, 0) is 25.5 Å².